The topological polar surface area (TPSA) is 72.4 Å². The molecule has 1 aromatic carbocycles. The number of hydrogen-bond donors (Lipinski definition) is 1. The second-order valence-electron chi connectivity index (χ2n) is 8.42. The van der Waals surface area contributed by atoms with Gasteiger partial charge in [0.25, 0.3) is 0 Å². The monoisotopic (exact) mass is 417 g/mol. The molecule has 3 aromatic rings. The van der Waals surface area contributed by atoms with Gasteiger partial charge in [0.15, 0.2) is 0 Å². The van der Waals surface area contributed by atoms with E-state index in [0.717, 1.165) is 47.7 Å². The van der Waals surface area contributed by atoms with Crippen LogP contribution >= 0.6 is 0 Å². The van der Waals surface area contributed by atoms with Gasteiger partial charge in [0, 0.05) is 42.9 Å². The van der Waals surface area contributed by atoms with E-state index in [-0.39, 0.29) is 0 Å². The highest BCUT2D eigenvalue weighted by atomic mass is 16.5. The van der Waals surface area contributed by atoms with Gasteiger partial charge in [-0.1, -0.05) is 26.0 Å². The van der Waals surface area contributed by atoms with Gasteiger partial charge in [-0.05, 0) is 40.8 Å². The van der Waals surface area contributed by atoms with Crippen molar-refractivity contribution in [1.82, 2.24) is 20.5 Å². The molecule has 1 saturated heterocycles. The quantitative estimate of drug-likeness (QED) is 0.696. The smallest absolute Gasteiger partial charge is 0.233 e. The number of pyridine rings is 1. The number of benzene rings is 1. The zero-order valence-electron chi connectivity index (χ0n) is 18.1. The van der Waals surface area contributed by atoms with Gasteiger partial charge in [0.1, 0.15) is 12.4 Å². The molecule has 2 aromatic heterocycles. The molecular weight excluding hydrogens is 390 g/mol. The lowest BCUT2D eigenvalue weighted by Gasteiger charge is -2.36. The van der Waals surface area contributed by atoms with E-state index in [2.05, 4.69) is 64.6 Å². The van der Waals surface area contributed by atoms with Crippen LogP contribution in [0.4, 0.5) is 5.82 Å². The van der Waals surface area contributed by atoms with Crippen LogP contribution in [0.2, 0.25) is 0 Å². The molecule has 2 aliphatic heterocycles. The molecule has 160 valence electrons. The van der Waals surface area contributed by atoms with Crippen molar-refractivity contribution in [3.63, 3.8) is 0 Å². The SMILES string of the molecule is COc1cc(-c2ccc3c(c2)COc2nc(N4CCNC(C(C)C)C4)ccc2-3)cnn1. The van der Waals surface area contributed by atoms with Crippen molar-refractivity contribution in [2.45, 2.75) is 26.5 Å². The number of ether oxygens (including phenoxy) is 2. The highest BCUT2D eigenvalue weighted by Gasteiger charge is 2.25. The third-order valence-corrected chi connectivity index (χ3v) is 6.11. The lowest BCUT2D eigenvalue weighted by atomic mass is 9.95. The van der Waals surface area contributed by atoms with Crippen LogP contribution in [-0.2, 0) is 6.61 Å². The molecular formula is C24H27N5O2. The fraction of sp³-hybridized carbons (Fsp3) is 0.375. The van der Waals surface area contributed by atoms with Crippen molar-refractivity contribution in [1.29, 1.82) is 0 Å². The number of nitrogens with one attached hydrogen (secondary N) is 1. The second kappa shape index (κ2) is 8.15. The summed E-state index contributed by atoms with van der Waals surface area (Å²) in [5.74, 6) is 2.79. The number of anilines is 1. The summed E-state index contributed by atoms with van der Waals surface area (Å²) < 4.78 is 11.3. The van der Waals surface area contributed by atoms with Gasteiger partial charge >= 0.3 is 0 Å². The molecule has 0 radical (unpaired) electrons. The zero-order chi connectivity index (χ0) is 21.4. The zero-order valence-corrected chi connectivity index (χ0v) is 18.1. The maximum Gasteiger partial charge on any atom is 0.233 e. The minimum absolute atomic E-state index is 0.480. The number of piperazine rings is 1. The number of aromatic nitrogens is 3. The molecule has 0 saturated carbocycles. The molecule has 7 nitrogen and oxygen atoms in total. The van der Waals surface area contributed by atoms with Crippen molar-refractivity contribution in [2.75, 3.05) is 31.6 Å². The van der Waals surface area contributed by atoms with Gasteiger partial charge in [0.2, 0.25) is 11.8 Å². The molecule has 1 atom stereocenters. The minimum atomic E-state index is 0.480. The third kappa shape index (κ3) is 3.81. The first-order valence-electron chi connectivity index (χ1n) is 10.7. The predicted molar refractivity (Wildman–Crippen MR) is 120 cm³/mol. The highest BCUT2D eigenvalue weighted by Crippen LogP contribution is 2.39. The van der Waals surface area contributed by atoms with E-state index in [1.165, 1.54) is 5.56 Å². The van der Waals surface area contributed by atoms with E-state index in [0.29, 0.717) is 30.3 Å². The standard InChI is InChI=1S/C24H27N5O2/c1-15(2)21-13-29(9-8-25-21)22-7-6-20-19-5-4-16(10-18(19)14-31-24(20)27-22)17-11-23(30-3)28-26-12-17/h4-7,10-12,15,21,25H,8-9,13-14H2,1-3H3. The molecule has 4 heterocycles. The summed E-state index contributed by atoms with van der Waals surface area (Å²) in [6, 6.07) is 13.0. The molecule has 0 spiro atoms. The Bertz CT molecular complexity index is 1100. The van der Waals surface area contributed by atoms with Crippen molar-refractivity contribution in [3.8, 4) is 34.0 Å². The van der Waals surface area contributed by atoms with E-state index in [9.17, 15) is 0 Å². The summed E-state index contributed by atoms with van der Waals surface area (Å²) in [5.41, 5.74) is 5.37. The number of methoxy groups -OCH3 is 1. The van der Waals surface area contributed by atoms with Crippen LogP contribution in [0.25, 0.3) is 22.3 Å². The lowest BCUT2D eigenvalue weighted by molar-refractivity contribution is 0.289. The van der Waals surface area contributed by atoms with Crippen LogP contribution in [0.1, 0.15) is 19.4 Å². The molecule has 7 heteroatoms. The molecule has 0 amide bonds. The molecule has 0 aliphatic carbocycles. The first kappa shape index (κ1) is 19.8. The van der Waals surface area contributed by atoms with E-state index in [4.69, 9.17) is 14.5 Å². The summed E-state index contributed by atoms with van der Waals surface area (Å²) in [6.45, 7) is 7.91. The Morgan fingerprint density at radius 1 is 1.13 bits per heavy atom. The summed E-state index contributed by atoms with van der Waals surface area (Å²) in [5, 5.41) is 11.6. The number of rotatable bonds is 4. The highest BCUT2D eigenvalue weighted by molar-refractivity contribution is 5.78. The van der Waals surface area contributed by atoms with Gasteiger partial charge in [-0.3, -0.25) is 0 Å². The lowest BCUT2D eigenvalue weighted by Crippen LogP contribution is -2.53. The van der Waals surface area contributed by atoms with Crippen LogP contribution in [0.5, 0.6) is 11.8 Å². The Labute approximate surface area is 182 Å². The number of hydrogen-bond acceptors (Lipinski definition) is 7. The maximum absolute atomic E-state index is 6.09. The summed E-state index contributed by atoms with van der Waals surface area (Å²) in [6.07, 6.45) is 1.74. The molecule has 31 heavy (non-hydrogen) atoms. The molecule has 0 bridgehead atoms. The van der Waals surface area contributed by atoms with E-state index >= 15 is 0 Å². The van der Waals surface area contributed by atoms with Crippen LogP contribution in [0.15, 0.2) is 42.6 Å². The van der Waals surface area contributed by atoms with Gasteiger partial charge in [0.05, 0.1) is 13.3 Å². The molecule has 1 fully saturated rings. The largest absolute Gasteiger partial charge is 0.480 e. The van der Waals surface area contributed by atoms with Crippen molar-refractivity contribution < 1.29 is 9.47 Å². The van der Waals surface area contributed by atoms with Crippen molar-refractivity contribution in [3.05, 3.63) is 48.2 Å². The second-order valence-corrected chi connectivity index (χ2v) is 8.42. The Morgan fingerprint density at radius 3 is 2.84 bits per heavy atom. The number of nitrogens with zero attached hydrogens (tertiary/aromatic N) is 4. The van der Waals surface area contributed by atoms with E-state index in [1.807, 2.05) is 6.07 Å². The molecule has 1 unspecified atom stereocenters. The molecule has 5 rings (SSSR count). The van der Waals surface area contributed by atoms with Crippen LogP contribution in [0.3, 0.4) is 0 Å². The average Bonchev–Trinajstić information content (AvgIpc) is 2.83. The fourth-order valence-corrected chi connectivity index (χ4v) is 4.26. The Hall–Kier alpha value is -3.19. The minimum Gasteiger partial charge on any atom is -0.480 e. The van der Waals surface area contributed by atoms with Crippen LogP contribution < -0.4 is 19.7 Å². The van der Waals surface area contributed by atoms with E-state index in [1.54, 1.807) is 13.3 Å². The number of fused-ring (bicyclic) bond motifs is 3. The Balaban J connectivity index is 1.43. The van der Waals surface area contributed by atoms with Gasteiger partial charge in [-0.15, -0.1) is 5.10 Å². The van der Waals surface area contributed by atoms with Gasteiger partial charge in [-0.25, -0.2) is 0 Å². The average molecular weight is 418 g/mol. The summed E-state index contributed by atoms with van der Waals surface area (Å²) >= 11 is 0. The van der Waals surface area contributed by atoms with Gasteiger partial charge in [-0.2, -0.15) is 10.1 Å². The summed E-state index contributed by atoms with van der Waals surface area (Å²) in [4.78, 5) is 7.23. The molecule has 2 aliphatic rings. The first-order valence-corrected chi connectivity index (χ1v) is 10.7. The Morgan fingerprint density at radius 2 is 2.00 bits per heavy atom. The van der Waals surface area contributed by atoms with Crippen molar-refractivity contribution >= 4 is 5.82 Å². The first-order chi connectivity index (χ1) is 15.1. The normalized spacial score (nSPS) is 17.7. The Kier molecular flexibility index (Phi) is 5.19. The third-order valence-electron chi connectivity index (χ3n) is 6.11. The molecule has 1 N–H and O–H groups in total. The maximum atomic E-state index is 6.09. The van der Waals surface area contributed by atoms with Gasteiger partial charge < -0.3 is 19.7 Å². The fourth-order valence-electron chi connectivity index (χ4n) is 4.26. The van der Waals surface area contributed by atoms with E-state index < -0.39 is 0 Å². The van der Waals surface area contributed by atoms with Crippen molar-refractivity contribution in [2.24, 2.45) is 5.92 Å². The summed E-state index contributed by atoms with van der Waals surface area (Å²) in [7, 11) is 1.59. The predicted octanol–water partition coefficient (Wildman–Crippen LogP) is 3.54. The van der Waals surface area contributed by atoms with Crippen LogP contribution in [0, 0.1) is 5.92 Å². The van der Waals surface area contributed by atoms with Crippen LogP contribution in [-0.4, -0.2) is 48.0 Å².